The van der Waals surface area contributed by atoms with Crippen molar-refractivity contribution in [3.05, 3.63) is 35.4 Å². The van der Waals surface area contributed by atoms with Crippen LogP contribution in [0.2, 0.25) is 0 Å². The van der Waals surface area contributed by atoms with Crippen LogP contribution in [0.5, 0.6) is 5.75 Å². The van der Waals surface area contributed by atoms with E-state index in [-0.39, 0.29) is 31.2 Å². The lowest BCUT2D eigenvalue weighted by Crippen LogP contribution is -2.53. The Bertz CT molecular complexity index is 1030. The predicted molar refractivity (Wildman–Crippen MR) is 134 cm³/mol. The molecule has 2 aliphatic heterocycles. The number of aromatic nitrogens is 2. The lowest BCUT2D eigenvalue weighted by atomic mass is 9.90. The summed E-state index contributed by atoms with van der Waals surface area (Å²) in [5, 5.41) is 4.07. The fourth-order valence-electron chi connectivity index (χ4n) is 5.23. The van der Waals surface area contributed by atoms with Crippen molar-refractivity contribution in [3.8, 4) is 5.75 Å². The van der Waals surface area contributed by atoms with Crippen molar-refractivity contribution >= 4 is 12.3 Å². The molecular formula is C27H37F3N4O3. The molecule has 204 valence electrons. The fourth-order valence-corrected chi connectivity index (χ4v) is 5.23. The molecule has 3 aliphatic rings. The van der Waals surface area contributed by atoms with Crippen molar-refractivity contribution < 1.29 is 27.2 Å². The van der Waals surface area contributed by atoms with Crippen molar-refractivity contribution in [2.45, 2.75) is 57.8 Å². The summed E-state index contributed by atoms with van der Waals surface area (Å²) in [6.07, 6.45) is 5.39. The van der Waals surface area contributed by atoms with Gasteiger partial charge in [-0.1, -0.05) is 25.1 Å². The van der Waals surface area contributed by atoms with Crippen molar-refractivity contribution in [2.75, 3.05) is 44.7 Å². The van der Waals surface area contributed by atoms with Crippen molar-refractivity contribution in [1.29, 1.82) is 0 Å². The first-order chi connectivity index (χ1) is 17.6. The average Bonchev–Trinajstić information content (AvgIpc) is 3.42. The molecule has 2 atom stereocenters. The molecule has 0 bridgehead atoms. The average molecular weight is 523 g/mol. The van der Waals surface area contributed by atoms with Crippen molar-refractivity contribution in [3.63, 3.8) is 0 Å². The molecule has 7 nitrogen and oxygen atoms in total. The van der Waals surface area contributed by atoms with Gasteiger partial charge in [0.15, 0.2) is 5.82 Å². The quantitative estimate of drug-likeness (QED) is 0.431. The van der Waals surface area contributed by atoms with Crippen LogP contribution in [0.25, 0.3) is 0 Å². The number of anilines is 1. The van der Waals surface area contributed by atoms with Gasteiger partial charge in [0.1, 0.15) is 17.9 Å². The molecule has 1 aromatic carbocycles. The first-order valence-electron chi connectivity index (χ1n) is 13.1. The largest absolute Gasteiger partial charge is 0.493 e. The van der Waals surface area contributed by atoms with E-state index >= 15 is 0 Å². The number of carbonyl (C=O) groups excluding carboxylic acids is 1. The lowest BCUT2D eigenvalue weighted by molar-refractivity contribution is -0.119. The summed E-state index contributed by atoms with van der Waals surface area (Å²) in [4.78, 5) is 18.8. The first-order valence-corrected chi connectivity index (χ1v) is 13.1. The Balaban J connectivity index is 0.000000396. The number of alkyl halides is 2. The van der Waals surface area contributed by atoms with E-state index in [1.807, 2.05) is 0 Å². The van der Waals surface area contributed by atoms with E-state index in [2.05, 4.69) is 28.9 Å². The molecule has 2 saturated heterocycles. The normalized spacial score (nSPS) is 23.3. The van der Waals surface area contributed by atoms with Crippen LogP contribution in [0.1, 0.15) is 56.8 Å². The second-order valence-corrected chi connectivity index (χ2v) is 10.9. The van der Waals surface area contributed by atoms with Crippen LogP contribution >= 0.6 is 0 Å². The third-order valence-electron chi connectivity index (χ3n) is 7.43. The molecular weight excluding hydrogens is 485 g/mol. The van der Waals surface area contributed by atoms with Gasteiger partial charge in [0.25, 0.3) is 5.92 Å². The van der Waals surface area contributed by atoms with Gasteiger partial charge in [-0.15, -0.1) is 0 Å². The topological polar surface area (TPSA) is 71.7 Å². The first kappa shape index (κ1) is 27.4. The van der Waals surface area contributed by atoms with Gasteiger partial charge >= 0.3 is 6.01 Å². The summed E-state index contributed by atoms with van der Waals surface area (Å²) in [5.74, 6) is 1.06. The van der Waals surface area contributed by atoms with Gasteiger partial charge in [0.05, 0.1) is 19.7 Å². The number of carbonyl (C=O) groups is 1. The zero-order chi connectivity index (χ0) is 26.6. The number of hydrogen-bond acceptors (Lipinski definition) is 7. The highest BCUT2D eigenvalue weighted by molar-refractivity contribution is 5.55. The molecule has 0 N–H and O–H groups in total. The van der Waals surface area contributed by atoms with E-state index in [1.54, 1.807) is 24.1 Å². The van der Waals surface area contributed by atoms with Crippen LogP contribution < -0.4 is 9.64 Å². The Hall–Kier alpha value is -2.62. The number of aldehydes is 1. The Morgan fingerprint density at radius 1 is 1.24 bits per heavy atom. The third-order valence-corrected chi connectivity index (χ3v) is 7.43. The summed E-state index contributed by atoms with van der Waals surface area (Å²) >= 11 is 0. The van der Waals surface area contributed by atoms with Crippen LogP contribution in [0.15, 0.2) is 22.7 Å². The second-order valence-electron chi connectivity index (χ2n) is 10.9. The minimum absolute atomic E-state index is 0.0625. The summed E-state index contributed by atoms with van der Waals surface area (Å²) in [6.45, 7) is 6.55. The number of halogens is 3. The molecule has 3 fully saturated rings. The monoisotopic (exact) mass is 522 g/mol. The van der Waals surface area contributed by atoms with Gasteiger partial charge in [0, 0.05) is 31.5 Å². The molecule has 2 unspecified atom stereocenters. The fraction of sp³-hybridized carbons (Fsp3) is 0.667. The maximum atomic E-state index is 13.9. The molecule has 10 heteroatoms. The predicted octanol–water partition coefficient (Wildman–Crippen LogP) is 4.96. The van der Waals surface area contributed by atoms with Crippen molar-refractivity contribution in [1.82, 2.24) is 15.0 Å². The van der Waals surface area contributed by atoms with E-state index in [1.165, 1.54) is 12.5 Å². The number of nitrogens with zero attached hydrogens (tertiary/aromatic N) is 4. The van der Waals surface area contributed by atoms with E-state index in [9.17, 15) is 18.0 Å². The number of hydrogen-bond donors (Lipinski definition) is 0. The highest BCUT2D eigenvalue weighted by Crippen LogP contribution is 2.50. The summed E-state index contributed by atoms with van der Waals surface area (Å²) < 4.78 is 48.5. The molecule has 0 spiro atoms. The second kappa shape index (κ2) is 11.8. The van der Waals surface area contributed by atoms with Gasteiger partial charge in [-0.3, -0.25) is 4.90 Å². The SMILES string of the molecule is CC(C)c1noc(N2CCC(C3CC3CCOc3ccc(CC=O)c(F)c3)CC2)n1.CN1CC(F)(F)C1. The maximum Gasteiger partial charge on any atom is 0.324 e. The zero-order valence-electron chi connectivity index (χ0n) is 21.8. The van der Waals surface area contributed by atoms with E-state index < -0.39 is 5.92 Å². The van der Waals surface area contributed by atoms with Gasteiger partial charge < -0.3 is 19.0 Å². The van der Waals surface area contributed by atoms with Crippen LogP contribution in [0.3, 0.4) is 0 Å². The standard InChI is InChI=1S/C23H30FN3O3.C4H7F2N/c1-15(2)22-25-23(30-26-22)27-9-5-16(6-10-27)20-13-18(20)8-12-29-19-4-3-17(7-11-28)21(24)14-19;1-7-2-4(5,6)3-7/h3-4,11,14-16,18,20H,5-10,12-13H2,1-2H3;2-3H2,1H3. The molecule has 1 saturated carbocycles. The lowest BCUT2D eigenvalue weighted by Gasteiger charge is -2.35. The molecule has 5 rings (SSSR count). The highest BCUT2D eigenvalue weighted by Gasteiger charge is 2.43. The molecule has 2 aromatic rings. The molecule has 0 amide bonds. The molecule has 1 aliphatic carbocycles. The molecule has 1 aromatic heterocycles. The summed E-state index contributed by atoms with van der Waals surface area (Å²) in [6, 6.07) is 5.40. The number of rotatable bonds is 9. The van der Waals surface area contributed by atoms with E-state index in [0.717, 1.165) is 50.0 Å². The number of piperidine rings is 1. The van der Waals surface area contributed by atoms with Gasteiger partial charge in [-0.2, -0.15) is 4.98 Å². The van der Waals surface area contributed by atoms with Crippen LogP contribution in [0.4, 0.5) is 19.2 Å². The number of ether oxygens (including phenoxy) is 1. The Morgan fingerprint density at radius 3 is 2.51 bits per heavy atom. The zero-order valence-corrected chi connectivity index (χ0v) is 21.8. The number of benzene rings is 1. The van der Waals surface area contributed by atoms with Gasteiger partial charge in [-0.05, 0) is 62.1 Å². The smallest absolute Gasteiger partial charge is 0.324 e. The third kappa shape index (κ3) is 7.46. The Kier molecular flexibility index (Phi) is 8.77. The minimum atomic E-state index is -2.38. The van der Waals surface area contributed by atoms with Crippen LogP contribution in [-0.4, -0.2) is 67.1 Å². The van der Waals surface area contributed by atoms with Gasteiger partial charge in [-0.25, -0.2) is 13.2 Å². The summed E-state index contributed by atoms with van der Waals surface area (Å²) in [5.41, 5.74) is 0.409. The van der Waals surface area contributed by atoms with Crippen LogP contribution in [0, 0.1) is 23.6 Å². The summed E-state index contributed by atoms with van der Waals surface area (Å²) in [7, 11) is 1.68. The van der Waals surface area contributed by atoms with E-state index in [4.69, 9.17) is 9.26 Å². The number of likely N-dealkylation sites (tertiary alicyclic amines) is 1. The van der Waals surface area contributed by atoms with Crippen molar-refractivity contribution in [2.24, 2.45) is 17.8 Å². The molecule has 3 heterocycles. The minimum Gasteiger partial charge on any atom is -0.493 e. The molecule has 37 heavy (non-hydrogen) atoms. The molecule has 0 radical (unpaired) electrons. The van der Waals surface area contributed by atoms with E-state index in [0.29, 0.717) is 36.1 Å². The highest BCUT2D eigenvalue weighted by atomic mass is 19.3. The Labute approximate surface area is 216 Å². The van der Waals surface area contributed by atoms with Crippen LogP contribution in [-0.2, 0) is 11.2 Å². The Morgan fingerprint density at radius 2 is 1.97 bits per heavy atom. The maximum absolute atomic E-state index is 13.9. The van der Waals surface area contributed by atoms with Gasteiger partial charge in [0.2, 0.25) is 0 Å².